The van der Waals surface area contributed by atoms with Gasteiger partial charge < -0.3 is 0 Å². The van der Waals surface area contributed by atoms with Crippen LogP contribution in [0.15, 0.2) is 24.3 Å². The van der Waals surface area contributed by atoms with Gasteiger partial charge in [0.05, 0.1) is 0 Å². The van der Waals surface area contributed by atoms with E-state index in [-0.39, 0.29) is 5.82 Å². The van der Waals surface area contributed by atoms with Gasteiger partial charge in [0.1, 0.15) is 5.82 Å². The third-order valence-electron chi connectivity index (χ3n) is 5.43. The highest BCUT2D eigenvalue weighted by Gasteiger charge is 2.28. The molecule has 0 aliphatic heterocycles. The number of halogens is 1. The molecule has 2 aliphatic rings. The van der Waals surface area contributed by atoms with Crippen LogP contribution in [-0.2, 0) is 0 Å². The van der Waals surface area contributed by atoms with E-state index in [1.54, 1.807) is 12.1 Å². The van der Waals surface area contributed by atoms with Crippen molar-refractivity contribution in [1.82, 2.24) is 0 Å². The van der Waals surface area contributed by atoms with Gasteiger partial charge in [-0.3, -0.25) is 0 Å². The second kappa shape index (κ2) is 6.07. The maximum atomic E-state index is 13.0. The van der Waals surface area contributed by atoms with Gasteiger partial charge in [0.25, 0.3) is 0 Å². The molecule has 0 heterocycles. The molecule has 104 valence electrons. The Morgan fingerprint density at radius 3 is 1.89 bits per heavy atom. The molecule has 0 nitrogen and oxygen atoms in total. The molecule has 0 bridgehead atoms. The second-order valence-electron chi connectivity index (χ2n) is 6.56. The van der Waals surface area contributed by atoms with Crippen molar-refractivity contribution < 1.29 is 4.39 Å². The van der Waals surface area contributed by atoms with E-state index in [0.717, 1.165) is 11.8 Å². The van der Waals surface area contributed by atoms with E-state index in [9.17, 15) is 4.39 Å². The minimum absolute atomic E-state index is 0.111. The number of benzene rings is 1. The molecular weight excluding hydrogens is 235 g/mol. The highest BCUT2D eigenvalue weighted by molar-refractivity contribution is 5.20. The molecule has 2 saturated carbocycles. The summed E-state index contributed by atoms with van der Waals surface area (Å²) in [6, 6.07) is 7.20. The summed E-state index contributed by atoms with van der Waals surface area (Å²) >= 11 is 0. The predicted molar refractivity (Wildman–Crippen MR) is 77.7 cm³/mol. The van der Waals surface area contributed by atoms with Gasteiger partial charge in [-0.25, -0.2) is 4.39 Å². The van der Waals surface area contributed by atoms with Gasteiger partial charge >= 0.3 is 0 Å². The Bertz CT molecular complexity index is 381. The summed E-state index contributed by atoms with van der Waals surface area (Å²) in [5.41, 5.74) is 1.35. The van der Waals surface area contributed by atoms with Crippen LogP contribution in [0.25, 0.3) is 0 Å². The molecule has 0 atom stereocenters. The van der Waals surface area contributed by atoms with Crippen LogP contribution in [0.3, 0.4) is 0 Å². The third-order valence-corrected chi connectivity index (χ3v) is 5.43. The Labute approximate surface area is 116 Å². The lowest BCUT2D eigenvalue weighted by Gasteiger charge is -2.36. The van der Waals surface area contributed by atoms with Crippen molar-refractivity contribution >= 4 is 0 Å². The van der Waals surface area contributed by atoms with E-state index in [1.807, 2.05) is 12.1 Å². The van der Waals surface area contributed by atoms with Crippen molar-refractivity contribution in [2.75, 3.05) is 0 Å². The van der Waals surface area contributed by atoms with Gasteiger partial charge in [-0.15, -0.1) is 0 Å². The normalized spacial score (nSPS) is 29.3. The Balaban J connectivity index is 1.55. The van der Waals surface area contributed by atoms with Gasteiger partial charge in [0.15, 0.2) is 0 Å². The summed E-state index contributed by atoms with van der Waals surface area (Å²) < 4.78 is 13.0. The molecule has 0 N–H and O–H groups in total. The number of rotatable bonds is 2. The van der Waals surface area contributed by atoms with Crippen molar-refractivity contribution in [2.45, 2.75) is 63.7 Å². The van der Waals surface area contributed by atoms with Crippen molar-refractivity contribution in [3.05, 3.63) is 35.6 Å². The van der Waals surface area contributed by atoms with Crippen LogP contribution in [0.5, 0.6) is 0 Å². The molecule has 0 amide bonds. The smallest absolute Gasteiger partial charge is 0.123 e. The molecule has 1 aromatic rings. The van der Waals surface area contributed by atoms with E-state index in [0.29, 0.717) is 5.92 Å². The zero-order chi connectivity index (χ0) is 13.1. The molecule has 0 unspecified atom stereocenters. The van der Waals surface area contributed by atoms with Crippen LogP contribution >= 0.6 is 0 Å². The second-order valence-corrected chi connectivity index (χ2v) is 6.56. The molecule has 3 rings (SSSR count). The van der Waals surface area contributed by atoms with Gasteiger partial charge in [-0.1, -0.05) is 44.2 Å². The Morgan fingerprint density at radius 2 is 1.26 bits per heavy atom. The minimum atomic E-state index is -0.111. The van der Waals surface area contributed by atoms with E-state index in [2.05, 4.69) is 0 Å². The SMILES string of the molecule is Fc1ccc(C2CCC(C3CCCCC3)CC2)cc1. The van der Waals surface area contributed by atoms with E-state index in [1.165, 1.54) is 63.4 Å². The van der Waals surface area contributed by atoms with Crippen LogP contribution in [0.2, 0.25) is 0 Å². The topological polar surface area (TPSA) is 0 Å². The summed E-state index contributed by atoms with van der Waals surface area (Å²) in [4.78, 5) is 0. The summed E-state index contributed by atoms with van der Waals surface area (Å²) in [7, 11) is 0. The van der Waals surface area contributed by atoms with Gasteiger partial charge in [0.2, 0.25) is 0 Å². The van der Waals surface area contributed by atoms with E-state index >= 15 is 0 Å². The van der Waals surface area contributed by atoms with Gasteiger partial charge in [0, 0.05) is 0 Å². The standard InChI is InChI=1S/C18H25F/c19-18-12-10-17(11-13-18)16-8-6-15(7-9-16)14-4-2-1-3-5-14/h10-16H,1-9H2. The lowest BCUT2D eigenvalue weighted by atomic mass is 9.70. The fourth-order valence-electron chi connectivity index (χ4n) is 4.26. The Kier molecular flexibility index (Phi) is 4.20. The summed E-state index contributed by atoms with van der Waals surface area (Å²) in [5, 5.41) is 0. The number of hydrogen-bond donors (Lipinski definition) is 0. The molecule has 1 aromatic carbocycles. The largest absolute Gasteiger partial charge is 0.207 e. The first-order chi connectivity index (χ1) is 9.33. The van der Waals surface area contributed by atoms with Crippen LogP contribution in [0.4, 0.5) is 4.39 Å². The van der Waals surface area contributed by atoms with Crippen molar-refractivity contribution in [1.29, 1.82) is 0 Å². The molecule has 0 aromatic heterocycles. The molecular formula is C18H25F. The monoisotopic (exact) mass is 260 g/mol. The average molecular weight is 260 g/mol. The molecule has 2 aliphatic carbocycles. The highest BCUT2D eigenvalue weighted by Crippen LogP contribution is 2.42. The van der Waals surface area contributed by atoms with Crippen LogP contribution < -0.4 is 0 Å². The van der Waals surface area contributed by atoms with Crippen molar-refractivity contribution in [2.24, 2.45) is 11.8 Å². The first kappa shape index (κ1) is 13.1. The Hall–Kier alpha value is -0.850. The Morgan fingerprint density at radius 1 is 0.684 bits per heavy atom. The fourth-order valence-corrected chi connectivity index (χ4v) is 4.26. The fraction of sp³-hybridized carbons (Fsp3) is 0.667. The minimum Gasteiger partial charge on any atom is -0.207 e. The van der Waals surface area contributed by atoms with Gasteiger partial charge in [-0.2, -0.15) is 0 Å². The van der Waals surface area contributed by atoms with E-state index < -0.39 is 0 Å². The van der Waals surface area contributed by atoms with E-state index in [4.69, 9.17) is 0 Å². The van der Waals surface area contributed by atoms with Crippen molar-refractivity contribution in [3.8, 4) is 0 Å². The van der Waals surface area contributed by atoms with Gasteiger partial charge in [-0.05, 0) is 61.1 Å². The zero-order valence-corrected chi connectivity index (χ0v) is 11.8. The predicted octanol–water partition coefficient (Wildman–Crippen LogP) is 5.68. The molecule has 0 saturated heterocycles. The lowest BCUT2D eigenvalue weighted by Crippen LogP contribution is -2.23. The first-order valence-corrected chi connectivity index (χ1v) is 8.08. The molecule has 0 radical (unpaired) electrons. The summed E-state index contributed by atoms with van der Waals surface area (Å²) in [6.45, 7) is 0. The average Bonchev–Trinajstić information content (AvgIpc) is 2.49. The zero-order valence-electron chi connectivity index (χ0n) is 11.8. The lowest BCUT2D eigenvalue weighted by molar-refractivity contribution is 0.186. The summed E-state index contributed by atoms with van der Waals surface area (Å²) in [6.07, 6.45) is 12.8. The summed E-state index contributed by atoms with van der Waals surface area (Å²) in [5.74, 6) is 2.57. The van der Waals surface area contributed by atoms with Crippen LogP contribution in [0.1, 0.15) is 69.3 Å². The van der Waals surface area contributed by atoms with Crippen LogP contribution in [-0.4, -0.2) is 0 Å². The van der Waals surface area contributed by atoms with Crippen molar-refractivity contribution in [3.63, 3.8) is 0 Å². The molecule has 2 fully saturated rings. The first-order valence-electron chi connectivity index (χ1n) is 8.08. The molecule has 0 spiro atoms. The maximum absolute atomic E-state index is 13.0. The number of hydrogen-bond acceptors (Lipinski definition) is 0. The highest BCUT2D eigenvalue weighted by atomic mass is 19.1. The molecule has 1 heteroatoms. The maximum Gasteiger partial charge on any atom is 0.123 e. The quantitative estimate of drug-likeness (QED) is 0.641. The molecule has 19 heavy (non-hydrogen) atoms. The van der Waals surface area contributed by atoms with Crippen LogP contribution in [0, 0.1) is 17.7 Å². The third kappa shape index (κ3) is 3.19.